The number of carbonyl (C=O) groups excluding carboxylic acids is 1. The average Bonchev–Trinajstić information content (AvgIpc) is 3.00. The minimum Gasteiger partial charge on any atom is -0.307 e. The number of nitro groups is 1. The summed E-state index contributed by atoms with van der Waals surface area (Å²) in [5, 5.41) is 11.7. The summed E-state index contributed by atoms with van der Waals surface area (Å²) in [7, 11) is 0. The highest BCUT2D eigenvalue weighted by molar-refractivity contribution is 7.13. The normalized spacial score (nSPS) is 13.3. The van der Waals surface area contributed by atoms with Crippen molar-refractivity contribution in [3.05, 3.63) is 49.5 Å². The van der Waals surface area contributed by atoms with Crippen LogP contribution in [0.1, 0.15) is 25.9 Å². The van der Waals surface area contributed by atoms with Crippen molar-refractivity contribution in [2.45, 2.75) is 20.3 Å². The van der Waals surface area contributed by atoms with E-state index in [1.165, 1.54) is 23.5 Å². The molecule has 0 spiro atoms. The number of hydrogen-bond donors (Lipinski definition) is 0. The highest BCUT2D eigenvalue weighted by Crippen LogP contribution is 2.33. The summed E-state index contributed by atoms with van der Waals surface area (Å²) in [6.07, 6.45) is 0.718. The zero-order valence-electron chi connectivity index (χ0n) is 11.6. The molecule has 0 aliphatic carbocycles. The van der Waals surface area contributed by atoms with E-state index in [-0.39, 0.29) is 11.6 Å². The quantitative estimate of drug-likeness (QED) is 0.631. The molecular formula is C14H13N3O3S. The maximum absolute atomic E-state index is 12.7. The van der Waals surface area contributed by atoms with Crippen LogP contribution in [0.15, 0.2) is 18.2 Å². The predicted molar refractivity (Wildman–Crippen MR) is 80.1 cm³/mol. The van der Waals surface area contributed by atoms with Crippen molar-refractivity contribution < 1.29 is 9.72 Å². The molecule has 2 heterocycles. The molecule has 0 radical (unpaired) electrons. The summed E-state index contributed by atoms with van der Waals surface area (Å²) < 4.78 is 0. The Labute approximate surface area is 125 Å². The summed E-state index contributed by atoms with van der Waals surface area (Å²) in [6, 6.07) is 4.68. The SMILES string of the molecule is Cc1nc(C)c(C(=O)N2CCc3ccc([N+](=O)[O-])cc32)s1. The maximum atomic E-state index is 12.7. The van der Waals surface area contributed by atoms with E-state index in [1.54, 1.807) is 17.9 Å². The van der Waals surface area contributed by atoms with Crippen LogP contribution >= 0.6 is 11.3 Å². The van der Waals surface area contributed by atoms with Gasteiger partial charge in [0, 0.05) is 18.7 Å². The molecule has 7 heteroatoms. The third-order valence-electron chi connectivity index (χ3n) is 3.52. The largest absolute Gasteiger partial charge is 0.307 e. The van der Waals surface area contributed by atoms with Crippen LogP contribution < -0.4 is 4.90 Å². The molecule has 1 amide bonds. The van der Waals surface area contributed by atoms with E-state index in [4.69, 9.17) is 0 Å². The summed E-state index contributed by atoms with van der Waals surface area (Å²) in [4.78, 5) is 29.6. The number of benzene rings is 1. The monoisotopic (exact) mass is 303 g/mol. The van der Waals surface area contributed by atoms with Gasteiger partial charge in [0.2, 0.25) is 0 Å². The van der Waals surface area contributed by atoms with Crippen molar-refractivity contribution in [2.75, 3.05) is 11.4 Å². The van der Waals surface area contributed by atoms with Crippen LogP contribution in [0.4, 0.5) is 11.4 Å². The molecule has 0 bridgehead atoms. The molecule has 2 aromatic rings. The molecule has 1 aromatic heterocycles. The number of non-ortho nitro benzene ring substituents is 1. The van der Waals surface area contributed by atoms with Crippen molar-refractivity contribution in [2.24, 2.45) is 0 Å². The first kappa shape index (κ1) is 13.7. The summed E-state index contributed by atoms with van der Waals surface area (Å²) in [5.41, 5.74) is 2.32. The van der Waals surface area contributed by atoms with Crippen molar-refractivity contribution >= 4 is 28.6 Å². The lowest BCUT2D eigenvalue weighted by Crippen LogP contribution is -2.28. The van der Waals surface area contributed by atoms with Crippen LogP contribution in [-0.4, -0.2) is 22.4 Å². The lowest BCUT2D eigenvalue weighted by atomic mass is 10.1. The molecule has 1 aromatic carbocycles. The summed E-state index contributed by atoms with van der Waals surface area (Å²) in [5.74, 6) is -0.127. The van der Waals surface area contributed by atoms with E-state index in [1.807, 2.05) is 6.92 Å². The Bertz CT molecular complexity index is 754. The van der Waals surface area contributed by atoms with Gasteiger partial charge in [0.15, 0.2) is 0 Å². The molecule has 6 nitrogen and oxygen atoms in total. The van der Waals surface area contributed by atoms with Crippen LogP contribution in [0, 0.1) is 24.0 Å². The fraction of sp³-hybridized carbons (Fsp3) is 0.286. The van der Waals surface area contributed by atoms with E-state index in [2.05, 4.69) is 4.98 Å². The van der Waals surface area contributed by atoms with Crippen molar-refractivity contribution in [3.63, 3.8) is 0 Å². The minimum atomic E-state index is -0.441. The Morgan fingerprint density at radius 2 is 2.19 bits per heavy atom. The lowest BCUT2D eigenvalue weighted by molar-refractivity contribution is -0.384. The number of hydrogen-bond acceptors (Lipinski definition) is 5. The molecule has 0 N–H and O–H groups in total. The summed E-state index contributed by atoms with van der Waals surface area (Å²) >= 11 is 1.36. The number of nitro benzene ring substituents is 1. The van der Waals surface area contributed by atoms with Gasteiger partial charge in [-0.05, 0) is 25.8 Å². The molecule has 0 unspecified atom stereocenters. The molecule has 0 saturated heterocycles. The first-order valence-electron chi connectivity index (χ1n) is 6.50. The van der Waals surface area contributed by atoms with Gasteiger partial charge in [-0.2, -0.15) is 0 Å². The number of aryl methyl sites for hydroxylation is 2. The van der Waals surface area contributed by atoms with Gasteiger partial charge in [0.1, 0.15) is 4.88 Å². The number of fused-ring (bicyclic) bond motifs is 1. The van der Waals surface area contributed by atoms with Gasteiger partial charge in [-0.1, -0.05) is 6.07 Å². The van der Waals surface area contributed by atoms with E-state index in [0.717, 1.165) is 17.0 Å². The maximum Gasteiger partial charge on any atom is 0.271 e. The number of amides is 1. The first-order valence-corrected chi connectivity index (χ1v) is 7.32. The van der Waals surface area contributed by atoms with Gasteiger partial charge in [-0.3, -0.25) is 14.9 Å². The average molecular weight is 303 g/mol. The number of anilines is 1. The van der Waals surface area contributed by atoms with E-state index >= 15 is 0 Å². The van der Waals surface area contributed by atoms with Gasteiger partial charge in [0.25, 0.3) is 11.6 Å². The molecule has 3 rings (SSSR count). The second-order valence-electron chi connectivity index (χ2n) is 4.92. The molecule has 0 atom stereocenters. The smallest absolute Gasteiger partial charge is 0.271 e. The second-order valence-corrected chi connectivity index (χ2v) is 6.13. The zero-order chi connectivity index (χ0) is 15.1. The Kier molecular flexibility index (Phi) is 3.21. The van der Waals surface area contributed by atoms with E-state index in [9.17, 15) is 14.9 Å². The molecule has 0 fully saturated rings. The molecule has 1 aliphatic heterocycles. The van der Waals surface area contributed by atoms with Crippen molar-refractivity contribution in [1.82, 2.24) is 4.98 Å². The fourth-order valence-corrected chi connectivity index (χ4v) is 3.41. The van der Waals surface area contributed by atoms with Gasteiger partial charge in [-0.15, -0.1) is 11.3 Å². The summed E-state index contributed by atoms with van der Waals surface area (Å²) in [6.45, 7) is 4.21. The Hall–Kier alpha value is -2.28. The minimum absolute atomic E-state index is 0.00524. The highest BCUT2D eigenvalue weighted by Gasteiger charge is 2.29. The van der Waals surface area contributed by atoms with E-state index in [0.29, 0.717) is 22.8 Å². The van der Waals surface area contributed by atoms with Crippen LogP contribution in [0.2, 0.25) is 0 Å². The van der Waals surface area contributed by atoms with Gasteiger partial charge in [0.05, 0.1) is 21.3 Å². The number of aromatic nitrogens is 1. The second kappa shape index (κ2) is 4.92. The Morgan fingerprint density at radius 1 is 1.43 bits per heavy atom. The highest BCUT2D eigenvalue weighted by atomic mass is 32.1. The predicted octanol–water partition coefficient (Wildman–Crippen LogP) is 2.87. The standard InChI is InChI=1S/C14H13N3O3S/c1-8-13(21-9(2)15-8)14(18)16-6-5-10-3-4-11(17(19)20)7-12(10)16/h3-4,7H,5-6H2,1-2H3. The van der Waals surface area contributed by atoms with E-state index < -0.39 is 4.92 Å². The number of thiazole rings is 1. The van der Waals surface area contributed by atoms with Crippen LogP contribution in [0.3, 0.4) is 0 Å². The topological polar surface area (TPSA) is 76.3 Å². The third-order valence-corrected chi connectivity index (χ3v) is 4.58. The molecule has 1 aliphatic rings. The lowest BCUT2D eigenvalue weighted by Gasteiger charge is -2.16. The molecule has 21 heavy (non-hydrogen) atoms. The zero-order valence-corrected chi connectivity index (χ0v) is 12.4. The van der Waals surface area contributed by atoms with Crippen LogP contribution in [-0.2, 0) is 6.42 Å². The molecular weight excluding hydrogens is 290 g/mol. The van der Waals surface area contributed by atoms with Gasteiger partial charge in [-0.25, -0.2) is 4.98 Å². The number of carbonyl (C=O) groups is 1. The number of nitrogens with zero attached hydrogens (tertiary/aromatic N) is 3. The van der Waals surface area contributed by atoms with Gasteiger partial charge >= 0.3 is 0 Å². The van der Waals surface area contributed by atoms with Crippen molar-refractivity contribution in [1.29, 1.82) is 0 Å². The van der Waals surface area contributed by atoms with Crippen LogP contribution in [0.25, 0.3) is 0 Å². The van der Waals surface area contributed by atoms with Crippen molar-refractivity contribution in [3.8, 4) is 0 Å². The molecule has 108 valence electrons. The van der Waals surface area contributed by atoms with Gasteiger partial charge < -0.3 is 4.90 Å². The fourth-order valence-electron chi connectivity index (χ4n) is 2.54. The van der Waals surface area contributed by atoms with Crippen LogP contribution in [0.5, 0.6) is 0 Å². The molecule has 0 saturated carbocycles. The first-order chi connectivity index (χ1) is 9.97. The Morgan fingerprint density at radius 3 is 2.81 bits per heavy atom. The third kappa shape index (κ3) is 2.29. The Balaban J connectivity index is 2.00. The number of rotatable bonds is 2.